The number of hydrogen-bond donors (Lipinski definition) is 0. The lowest BCUT2D eigenvalue weighted by molar-refractivity contribution is 0.111. The Balaban J connectivity index is 2.60. The second-order valence-electron chi connectivity index (χ2n) is 2.74. The molecular weight excluding hydrogens is 183 g/mol. The highest BCUT2D eigenvalue weighted by Gasteiger charge is 2.07. The Kier molecular flexibility index (Phi) is 2.10. The van der Waals surface area contributed by atoms with Crippen molar-refractivity contribution in [1.82, 2.24) is 9.78 Å². The van der Waals surface area contributed by atoms with Crippen LogP contribution in [0.15, 0.2) is 36.5 Å². The van der Waals surface area contributed by atoms with Crippen LogP contribution in [0, 0.1) is 5.82 Å². The van der Waals surface area contributed by atoms with Gasteiger partial charge in [-0.15, -0.1) is 0 Å². The quantitative estimate of drug-likeness (QED) is 0.677. The monoisotopic (exact) mass is 190 g/mol. The Morgan fingerprint density at radius 1 is 1.29 bits per heavy atom. The Hall–Kier alpha value is -1.97. The molecule has 0 aliphatic carbocycles. The molecule has 2 rings (SSSR count). The van der Waals surface area contributed by atoms with Gasteiger partial charge in [0.1, 0.15) is 17.2 Å². The van der Waals surface area contributed by atoms with Crippen molar-refractivity contribution >= 4 is 6.29 Å². The van der Waals surface area contributed by atoms with Gasteiger partial charge in [-0.3, -0.25) is 4.79 Å². The summed E-state index contributed by atoms with van der Waals surface area (Å²) in [5.41, 5.74) is 0.606. The van der Waals surface area contributed by atoms with Gasteiger partial charge in [-0.2, -0.15) is 5.10 Å². The van der Waals surface area contributed by atoms with Crippen LogP contribution < -0.4 is 0 Å². The molecule has 0 bridgehead atoms. The summed E-state index contributed by atoms with van der Waals surface area (Å²) in [5.74, 6) is -0.403. The third kappa shape index (κ3) is 1.31. The molecule has 0 fully saturated rings. The smallest absolute Gasteiger partial charge is 0.168 e. The first-order valence-corrected chi connectivity index (χ1v) is 4.07. The van der Waals surface area contributed by atoms with Gasteiger partial charge in [-0.05, 0) is 18.2 Å². The third-order valence-corrected chi connectivity index (χ3v) is 1.87. The number of carbonyl (C=O) groups is 1. The predicted molar refractivity (Wildman–Crippen MR) is 48.9 cm³/mol. The summed E-state index contributed by atoms with van der Waals surface area (Å²) in [7, 11) is 0. The first-order chi connectivity index (χ1) is 6.83. The van der Waals surface area contributed by atoms with Gasteiger partial charge in [0.2, 0.25) is 0 Å². The zero-order valence-corrected chi connectivity index (χ0v) is 7.22. The van der Waals surface area contributed by atoms with E-state index in [0.717, 1.165) is 0 Å². The topological polar surface area (TPSA) is 34.9 Å². The summed E-state index contributed by atoms with van der Waals surface area (Å²) in [6, 6.07) is 7.69. The summed E-state index contributed by atoms with van der Waals surface area (Å²) < 4.78 is 14.6. The average molecular weight is 190 g/mol. The fourth-order valence-corrected chi connectivity index (χ4v) is 1.23. The first kappa shape index (κ1) is 8.62. The highest BCUT2D eigenvalue weighted by atomic mass is 19.1. The number of halogens is 1. The summed E-state index contributed by atoms with van der Waals surface area (Å²) >= 11 is 0. The zero-order valence-electron chi connectivity index (χ0n) is 7.22. The van der Waals surface area contributed by atoms with Gasteiger partial charge in [0.25, 0.3) is 0 Å². The summed E-state index contributed by atoms with van der Waals surface area (Å²) in [6.07, 6.45) is 2.09. The minimum atomic E-state index is -0.403. The fraction of sp³-hybridized carbons (Fsp3) is 0. The summed E-state index contributed by atoms with van der Waals surface area (Å²) in [5, 5.41) is 3.86. The molecule has 70 valence electrons. The van der Waals surface area contributed by atoms with Crippen molar-refractivity contribution in [1.29, 1.82) is 0 Å². The molecule has 4 heteroatoms. The van der Waals surface area contributed by atoms with Crippen molar-refractivity contribution in [3.8, 4) is 5.69 Å². The van der Waals surface area contributed by atoms with Crippen LogP contribution in [0.5, 0.6) is 0 Å². The molecule has 0 aliphatic heterocycles. The van der Waals surface area contributed by atoms with Crippen LogP contribution in [0.3, 0.4) is 0 Å². The molecule has 1 heterocycles. The van der Waals surface area contributed by atoms with Crippen molar-refractivity contribution in [2.75, 3.05) is 0 Å². The van der Waals surface area contributed by atoms with Crippen molar-refractivity contribution in [3.05, 3.63) is 48.0 Å². The molecular formula is C10H7FN2O. The number of aromatic nitrogens is 2. The highest BCUT2D eigenvalue weighted by molar-refractivity contribution is 5.73. The minimum absolute atomic E-state index is 0.277. The summed E-state index contributed by atoms with van der Waals surface area (Å²) in [6.45, 7) is 0. The number of benzene rings is 1. The Morgan fingerprint density at radius 3 is 2.79 bits per heavy atom. The predicted octanol–water partition coefficient (Wildman–Crippen LogP) is 1.82. The second-order valence-corrected chi connectivity index (χ2v) is 2.74. The van der Waals surface area contributed by atoms with Gasteiger partial charge >= 0.3 is 0 Å². The number of nitrogens with zero attached hydrogens (tertiary/aromatic N) is 2. The lowest BCUT2D eigenvalue weighted by atomic mass is 10.3. The van der Waals surface area contributed by atoms with E-state index >= 15 is 0 Å². The van der Waals surface area contributed by atoms with Crippen LogP contribution in [0.1, 0.15) is 10.5 Å². The van der Waals surface area contributed by atoms with Gasteiger partial charge in [-0.1, -0.05) is 12.1 Å². The van der Waals surface area contributed by atoms with Gasteiger partial charge < -0.3 is 0 Å². The SMILES string of the molecule is O=Cc1ccnn1-c1ccccc1F. The average Bonchev–Trinajstić information content (AvgIpc) is 2.66. The molecule has 0 N–H and O–H groups in total. The lowest BCUT2D eigenvalue weighted by Gasteiger charge is -2.03. The van der Waals surface area contributed by atoms with E-state index in [4.69, 9.17) is 0 Å². The maximum absolute atomic E-state index is 13.3. The molecule has 1 aromatic carbocycles. The van der Waals surface area contributed by atoms with Gasteiger partial charge in [0.05, 0.1) is 6.20 Å². The molecule has 0 atom stereocenters. The molecule has 0 aliphatic rings. The van der Waals surface area contributed by atoms with Crippen molar-refractivity contribution < 1.29 is 9.18 Å². The van der Waals surface area contributed by atoms with E-state index in [1.54, 1.807) is 18.2 Å². The number of para-hydroxylation sites is 1. The number of rotatable bonds is 2. The van der Waals surface area contributed by atoms with Crippen LogP contribution in [0.4, 0.5) is 4.39 Å². The van der Waals surface area contributed by atoms with Gasteiger partial charge in [-0.25, -0.2) is 9.07 Å². The van der Waals surface area contributed by atoms with E-state index in [-0.39, 0.29) is 5.69 Å². The minimum Gasteiger partial charge on any atom is -0.296 e. The lowest BCUT2D eigenvalue weighted by Crippen LogP contribution is -2.03. The first-order valence-electron chi connectivity index (χ1n) is 4.07. The van der Waals surface area contributed by atoms with Crippen LogP contribution in [-0.4, -0.2) is 16.1 Å². The van der Waals surface area contributed by atoms with E-state index in [0.29, 0.717) is 12.0 Å². The molecule has 0 spiro atoms. The van der Waals surface area contributed by atoms with Crippen molar-refractivity contribution in [3.63, 3.8) is 0 Å². The van der Waals surface area contributed by atoms with Crippen LogP contribution in [0.2, 0.25) is 0 Å². The normalized spacial score (nSPS) is 10.1. The van der Waals surface area contributed by atoms with Crippen molar-refractivity contribution in [2.45, 2.75) is 0 Å². The highest BCUT2D eigenvalue weighted by Crippen LogP contribution is 2.12. The zero-order chi connectivity index (χ0) is 9.97. The van der Waals surface area contributed by atoms with E-state index < -0.39 is 5.82 Å². The van der Waals surface area contributed by atoms with Crippen LogP contribution >= 0.6 is 0 Å². The third-order valence-electron chi connectivity index (χ3n) is 1.87. The molecule has 0 unspecified atom stereocenters. The fourth-order valence-electron chi connectivity index (χ4n) is 1.23. The molecule has 3 nitrogen and oxygen atoms in total. The Labute approximate surface area is 79.8 Å². The molecule has 1 aromatic heterocycles. The van der Waals surface area contributed by atoms with Gasteiger partial charge in [0.15, 0.2) is 6.29 Å². The molecule has 0 saturated heterocycles. The number of carbonyl (C=O) groups excluding carboxylic acids is 1. The molecule has 0 saturated carbocycles. The number of aldehydes is 1. The largest absolute Gasteiger partial charge is 0.296 e. The van der Waals surface area contributed by atoms with E-state index in [1.165, 1.54) is 23.0 Å². The maximum atomic E-state index is 13.3. The molecule has 2 aromatic rings. The molecule has 14 heavy (non-hydrogen) atoms. The Morgan fingerprint density at radius 2 is 2.07 bits per heavy atom. The number of hydrogen-bond acceptors (Lipinski definition) is 2. The second kappa shape index (κ2) is 3.41. The Bertz CT molecular complexity index is 465. The van der Waals surface area contributed by atoms with E-state index in [9.17, 15) is 9.18 Å². The molecule has 0 radical (unpaired) electrons. The standard InChI is InChI=1S/C10H7FN2O/c11-9-3-1-2-4-10(9)13-8(7-14)5-6-12-13/h1-7H. The van der Waals surface area contributed by atoms with Crippen LogP contribution in [-0.2, 0) is 0 Å². The van der Waals surface area contributed by atoms with E-state index in [2.05, 4.69) is 5.10 Å². The molecule has 0 amide bonds. The van der Waals surface area contributed by atoms with E-state index in [1.807, 2.05) is 0 Å². The van der Waals surface area contributed by atoms with Crippen LogP contribution in [0.25, 0.3) is 5.69 Å². The van der Waals surface area contributed by atoms with Crippen molar-refractivity contribution in [2.24, 2.45) is 0 Å². The summed E-state index contributed by atoms with van der Waals surface area (Å²) in [4.78, 5) is 10.6. The van der Waals surface area contributed by atoms with Gasteiger partial charge in [0, 0.05) is 0 Å². The maximum Gasteiger partial charge on any atom is 0.168 e.